The third-order valence-corrected chi connectivity index (χ3v) is 15.6. The van der Waals surface area contributed by atoms with Crippen molar-refractivity contribution in [3.63, 3.8) is 0 Å². The van der Waals surface area contributed by atoms with Gasteiger partial charge in [-0.2, -0.15) is 0 Å². The van der Waals surface area contributed by atoms with E-state index >= 15 is 0 Å². The zero-order chi connectivity index (χ0) is 52.2. The van der Waals surface area contributed by atoms with Gasteiger partial charge in [0.1, 0.15) is 0 Å². The van der Waals surface area contributed by atoms with E-state index in [9.17, 15) is 19.8 Å². The van der Waals surface area contributed by atoms with Crippen molar-refractivity contribution in [2.24, 2.45) is 0 Å². The molecule has 0 saturated carbocycles. The molecule has 0 aromatic carbocycles. The van der Waals surface area contributed by atoms with Crippen molar-refractivity contribution in [1.82, 2.24) is 5.32 Å². The molecule has 0 aliphatic heterocycles. The predicted molar refractivity (Wildman–Crippen MR) is 315 cm³/mol. The van der Waals surface area contributed by atoms with Gasteiger partial charge in [-0.25, -0.2) is 0 Å². The third-order valence-electron chi connectivity index (χ3n) is 15.6. The zero-order valence-electron chi connectivity index (χ0n) is 48.9. The summed E-state index contributed by atoms with van der Waals surface area (Å²) in [5.41, 5.74) is 0. The molecule has 0 fully saturated rings. The molecule has 1 amide bonds. The lowest BCUT2D eigenvalue weighted by Crippen LogP contribution is -2.45. The van der Waals surface area contributed by atoms with E-state index in [-0.39, 0.29) is 18.5 Å². The molecule has 6 heteroatoms. The Morgan fingerprint density at radius 1 is 0.375 bits per heavy atom. The number of hydrogen-bond donors (Lipinski definition) is 3. The molecule has 0 radical (unpaired) electrons. The number of allylic oxidation sites excluding steroid dienone is 2. The minimum atomic E-state index is -0.665. The van der Waals surface area contributed by atoms with E-state index in [2.05, 4.69) is 31.3 Å². The van der Waals surface area contributed by atoms with Gasteiger partial charge in [-0.05, 0) is 51.4 Å². The van der Waals surface area contributed by atoms with Crippen molar-refractivity contribution in [2.75, 3.05) is 13.2 Å². The van der Waals surface area contributed by atoms with Gasteiger partial charge < -0.3 is 20.3 Å². The number of rotatable bonds is 62. The molecule has 3 N–H and O–H groups in total. The summed E-state index contributed by atoms with van der Waals surface area (Å²) in [6.07, 6.45) is 75.2. The number of amides is 1. The average Bonchev–Trinajstić information content (AvgIpc) is 3.38. The molecule has 0 heterocycles. The van der Waals surface area contributed by atoms with E-state index in [0.29, 0.717) is 25.9 Å². The van der Waals surface area contributed by atoms with E-state index in [4.69, 9.17) is 4.74 Å². The van der Waals surface area contributed by atoms with Crippen LogP contribution in [0.4, 0.5) is 0 Å². The van der Waals surface area contributed by atoms with E-state index in [0.717, 1.165) is 38.5 Å². The number of esters is 1. The molecule has 0 spiro atoms. The number of nitrogens with one attached hydrogen (secondary N) is 1. The summed E-state index contributed by atoms with van der Waals surface area (Å²) in [7, 11) is 0. The van der Waals surface area contributed by atoms with Crippen LogP contribution in [0.25, 0.3) is 0 Å². The monoisotopic (exact) mass is 1020 g/mol. The molecule has 0 aliphatic rings. The summed E-state index contributed by atoms with van der Waals surface area (Å²) in [5, 5.41) is 23.3. The number of hydrogen-bond acceptors (Lipinski definition) is 5. The van der Waals surface area contributed by atoms with E-state index in [1.807, 2.05) is 0 Å². The maximum absolute atomic E-state index is 12.5. The van der Waals surface area contributed by atoms with Crippen molar-refractivity contribution in [3.05, 3.63) is 12.2 Å². The number of aliphatic hydroxyl groups is 2. The van der Waals surface area contributed by atoms with Crippen LogP contribution in [0.15, 0.2) is 12.2 Å². The van der Waals surface area contributed by atoms with Crippen LogP contribution in [-0.2, 0) is 14.3 Å². The number of ether oxygens (including phenoxy) is 1. The van der Waals surface area contributed by atoms with E-state index in [1.54, 1.807) is 0 Å². The lowest BCUT2D eigenvalue weighted by Gasteiger charge is -2.22. The number of carbonyl (C=O) groups is 2. The van der Waals surface area contributed by atoms with Gasteiger partial charge in [0.25, 0.3) is 0 Å². The highest BCUT2D eigenvalue weighted by molar-refractivity contribution is 5.76. The first kappa shape index (κ1) is 70.6. The minimum absolute atomic E-state index is 0.0166. The second-order valence-electron chi connectivity index (χ2n) is 22.8. The Morgan fingerprint density at radius 3 is 0.986 bits per heavy atom. The molecule has 0 saturated heterocycles. The summed E-state index contributed by atoms with van der Waals surface area (Å²) < 4.78 is 5.48. The quantitative estimate of drug-likeness (QED) is 0.0320. The standard InChI is InChI=1S/C66H129NO5/c1-3-5-7-9-11-13-15-17-18-31-35-38-42-46-50-54-58-64(69)63(62-68)67-65(70)59-55-51-47-43-39-36-32-29-27-25-23-21-19-20-22-24-26-28-30-33-37-41-45-49-53-57-61-72-66(71)60-56-52-48-44-40-34-16-14-12-10-8-6-4-2/h19,21,63-64,68-69H,3-18,20,22-62H2,1-2H3,(H,67,70)/b21-19-. The molecule has 6 nitrogen and oxygen atoms in total. The van der Waals surface area contributed by atoms with Crippen molar-refractivity contribution >= 4 is 11.9 Å². The van der Waals surface area contributed by atoms with Crippen molar-refractivity contribution in [3.8, 4) is 0 Å². The molecule has 0 rings (SSSR count). The second-order valence-corrected chi connectivity index (χ2v) is 22.8. The van der Waals surface area contributed by atoms with Crippen LogP contribution in [-0.4, -0.2) is 47.4 Å². The van der Waals surface area contributed by atoms with Crippen molar-refractivity contribution < 1.29 is 24.5 Å². The van der Waals surface area contributed by atoms with Gasteiger partial charge in [0.05, 0.1) is 25.4 Å². The first-order valence-electron chi connectivity index (χ1n) is 32.9. The summed E-state index contributed by atoms with van der Waals surface area (Å²) >= 11 is 0. The molecular formula is C66H129NO5. The van der Waals surface area contributed by atoms with Gasteiger partial charge in [-0.15, -0.1) is 0 Å². The lowest BCUT2D eigenvalue weighted by atomic mass is 10.0. The molecule has 2 atom stereocenters. The summed E-state index contributed by atoms with van der Waals surface area (Å²) in [5.74, 6) is -0.0170. The Bertz CT molecular complexity index is 1080. The molecule has 72 heavy (non-hydrogen) atoms. The Hall–Kier alpha value is -1.40. The number of carbonyl (C=O) groups excluding carboxylic acids is 2. The fourth-order valence-electron chi connectivity index (χ4n) is 10.5. The maximum atomic E-state index is 12.5. The summed E-state index contributed by atoms with van der Waals surface area (Å²) in [6, 6.07) is -0.542. The minimum Gasteiger partial charge on any atom is -0.466 e. The largest absolute Gasteiger partial charge is 0.466 e. The van der Waals surface area contributed by atoms with Gasteiger partial charge in [0.2, 0.25) is 5.91 Å². The zero-order valence-corrected chi connectivity index (χ0v) is 48.9. The Morgan fingerprint density at radius 2 is 0.653 bits per heavy atom. The molecular weight excluding hydrogens is 887 g/mol. The second kappa shape index (κ2) is 62.1. The molecule has 0 aliphatic carbocycles. The molecule has 0 bridgehead atoms. The van der Waals surface area contributed by atoms with Crippen LogP contribution >= 0.6 is 0 Å². The van der Waals surface area contributed by atoms with Crippen molar-refractivity contribution in [1.29, 1.82) is 0 Å². The van der Waals surface area contributed by atoms with Gasteiger partial charge in [-0.1, -0.05) is 321 Å². The Kier molecular flexibility index (Phi) is 60.9. The van der Waals surface area contributed by atoms with Gasteiger partial charge in [-0.3, -0.25) is 9.59 Å². The van der Waals surface area contributed by atoms with Crippen LogP contribution in [0.3, 0.4) is 0 Å². The molecule has 0 aromatic heterocycles. The highest BCUT2D eigenvalue weighted by Crippen LogP contribution is 2.18. The SMILES string of the molecule is CCCCCCCCCCCCCCCCCCC(O)C(CO)NC(=O)CCCCCCCCCCCC/C=C\CCCCCCCCCCCCCCOC(=O)CCCCCCCCCCCCCCC. The smallest absolute Gasteiger partial charge is 0.305 e. The Balaban J connectivity index is 3.38. The van der Waals surface area contributed by atoms with E-state index in [1.165, 1.54) is 302 Å². The lowest BCUT2D eigenvalue weighted by molar-refractivity contribution is -0.143. The molecule has 0 aromatic rings. The fourth-order valence-corrected chi connectivity index (χ4v) is 10.5. The third kappa shape index (κ3) is 57.9. The van der Waals surface area contributed by atoms with E-state index < -0.39 is 12.1 Å². The molecule has 2 unspecified atom stereocenters. The van der Waals surface area contributed by atoms with Crippen LogP contribution in [0.2, 0.25) is 0 Å². The highest BCUT2D eigenvalue weighted by Gasteiger charge is 2.20. The fraction of sp³-hybridized carbons (Fsp3) is 0.939. The van der Waals surface area contributed by atoms with Crippen LogP contribution in [0, 0.1) is 0 Å². The molecule has 428 valence electrons. The summed E-state index contributed by atoms with van der Waals surface area (Å²) in [4.78, 5) is 24.5. The highest BCUT2D eigenvalue weighted by atomic mass is 16.5. The first-order valence-corrected chi connectivity index (χ1v) is 32.9. The van der Waals surface area contributed by atoms with Gasteiger partial charge >= 0.3 is 5.97 Å². The summed E-state index contributed by atoms with van der Waals surface area (Å²) in [6.45, 7) is 4.98. The maximum Gasteiger partial charge on any atom is 0.305 e. The Labute approximate surface area is 450 Å². The van der Waals surface area contributed by atoms with Crippen LogP contribution < -0.4 is 5.32 Å². The van der Waals surface area contributed by atoms with Crippen LogP contribution in [0.5, 0.6) is 0 Å². The topological polar surface area (TPSA) is 95.9 Å². The predicted octanol–water partition coefficient (Wildman–Crippen LogP) is 20.8. The number of unbranched alkanes of at least 4 members (excludes halogenated alkanes) is 49. The first-order chi connectivity index (χ1) is 35.5. The van der Waals surface area contributed by atoms with Crippen LogP contribution in [0.1, 0.15) is 373 Å². The number of aliphatic hydroxyl groups excluding tert-OH is 2. The average molecular weight is 1020 g/mol. The van der Waals surface area contributed by atoms with Crippen molar-refractivity contribution in [2.45, 2.75) is 386 Å². The normalized spacial score (nSPS) is 12.6. The van der Waals surface area contributed by atoms with Gasteiger partial charge in [0.15, 0.2) is 0 Å². The van der Waals surface area contributed by atoms with Gasteiger partial charge in [0, 0.05) is 12.8 Å².